The number of nitrogens with one attached hydrogen (secondary N) is 14. The Morgan fingerprint density at radius 3 is 1.11 bits per heavy atom. The van der Waals surface area contributed by atoms with Crippen LogP contribution in [0, 0.1) is 5.92 Å². The summed E-state index contributed by atoms with van der Waals surface area (Å²) >= 11 is 0. The molecule has 7 rings (SSSR count). The third-order valence-corrected chi connectivity index (χ3v) is 22.5. The molecule has 0 aliphatic carbocycles. The Labute approximate surface area is 728 Å². The highest BCUT2D eigenvalue weighted by Gasteiger charge is 2.46. The van der Waals surface area contributed by atoms with Crippen LogP contribution in [0.15, 0.2) is 70.9 Å². The molecule has 0 saturated carbocycles. The zero-order chi connectivity index (χ0) is 91.4. The number of nitrogens with zero attached hydrogens (tertiary/aromatic N) is 4. The first-order valence-electron chi connectivity index (χ1n) is 43.7. The maximum atomic E-state index is 15.3. The number of unbranched alkanes of at least 4 members (excludes halogenated alkanes) is 4. The van der Waals surface area contributed by atoms with E-state index in [9.17, 15) is 43.5 Å². The molecule has 15 atom stereocenters. The minimum atomic E-state index is -1.76. The van der Waals surface area contributed by atoms with Gasteiger partial charge in [0, 0.05) is 73.2 Å². The first-order chi connectivity index (χ1) is 59.8. The molecular formula is C84H134N26O15. The molecule has 0 radical (unpaired) electrons. The molecule has 3 aliphatic rings. The van der Waals surface area contributed by atoms with Crippen LogP contribution in [-0.4, -0.2) is 263 Å². The van der Waals surface area contributed by atoms with Gasteiger partial charge in [-0.3, -0.25) is 77.1 Å². The number of carbonyl (C=O) groups is 14. The summed E-state index contributed by atoms with van der Waals surface area (Å²) in [6, 6.07) is -5.55. The van der Waals surface area contributed by atoms with Crippen molar-refractivity contribution in [3.05, 3.63) is 72.1 Å². The van der Waals surface area contributed by atoms with Crippen LogP contribution in [0.2, 0.25) is 0 Å². The first-order valence-corrected chi connectivity index (χ1v) is 43.7. The van der Waals surface area contributed by atoms with E-state index >= 15 is 28.8 Å². The molecule has 3 saturated heterocycles. The number of guanidine groups is 2. The van der Waals surface area contributed by atoms with Gasteiger partial charge in [0.25, 0.3) is 0 Å². The average Bonchev–Trinajstić information content (AvgIpc) is 1.67. The molecule has 4 aromatic rings. The summed E-state index contributed by atoms with van der Waals surface area (Å²) in [6.07, 6.45) is 4.69. The number of amides is 14. The molecule has 0 spiro atoms. The second-order valence-corrected chi connectivity index (χ2v) is 32.9. The second-order valence-electron chi connectivity index (χ2n) is 32.9. The van der Waals surface area contributed by atoms with Gasteiger partial charge in [-0.25, -0.2) is 0 Å². The SMILES string of the molecule is CC(C)C[C@@H]1NC(=O)[C@H](Cc2c[nH]c3ccccc23)NC(=O)[C@H]([C@@H](C)O)NC(=O)[C@@H]2CCCN2C(=O)[C@H]2CCCN2C(=O)[C@H](CCCCN)NC(=O)[C@H](C)NC(=O)[C@H](CCCCN)NC(=O)[C@H](CCCCN)NC(=O)[C@H](Cc2c[nH]c3ccccc23)NC(=O)[C@H](CCCN=C(N)N)NC(=O)[C@H](CCCN=C(N)N)NC(=O)[C@H](C)NC(=O)[C@H](CCCCN)NC1=O. The van der Waals surface area contributed by atoms with Crippen LogP contribution in [0.25, 0.3) is 21.8 Å². The Hall–Kier alpha value is -11.6. The monoisotopic (exact) mass is 1750 g/mol. The molecule has 5 heterocycles. The van der Waals surface area contributed by atoms with E-state index in [1.807, 2.05) is 0 Å². The van der Waals surface area contributed by atoms with Gasteiger partial charge in [-0.2, -0.15) is 0 Å². The molecule has 690 valence electrons. The smallest absolute Gasteiger partial charge is 0.246 e. The molecule has 3 aliphatic heterocycles. The second kappa shape index (κ2) is 51.0. The zero-order valence-electron chi connectivity index (χ0n) is 72.5. The van der Waals surface area contributed by atoms with Crippen LogP contribution in [-0.2, 0) is 80.0 Å². The molecule has 125 heavy (non-hydrogen) atoms. The fraction of sp³-hybridized carbons (Fsp3) is 0.619. The normalized spacial score (nSPS) is 25.0. The van der Waals surface area contributed by atoms with Crippen molar-refractivity contribution in [2.75, 3.05) is 52.4 Å². The third kappa shape index (κ3) is 31.0. The van der Waals surface area contributed by atoms with Gasteiger partial charge in [0.2, 0.25) is 82.7 Å². The summed E-state index contributed by atoms with van der Waals surface area (Å²) < 4.78 is 0. The molecule has 2 aromatic heterocycles. The summed E-state index contributed by atoms with van der Waals surface area (Å²) in [5.41, 5.74) is 49.0. The summed E-state index contributed by atoms with van der Waals surface area (Å²) in [4.78, 5) is 226. The topological polar surface area (TPSA) is 675 Å². The van der Waals surface area contributed by atoms with E-state index in [0.717, 1.165) is 0 Å². The van der Waals surface area contributed by atoms with Crippen molar-refractivity contribution in [1.29, 1.82) is 0 Å². The number of aromatic amines is 2. The number of nitrogens with two attached hydrogens (primary N) is 8. The maximum Gasteiger partial charge on any atom is 0.246 e. The third-order valence-electron chi connectivity index (χ3n) is 22.5. The van der Waals surface area contributed by atoms with Crippen LogP contribution in [0.3, 0.4) is 0 Å². The van der Waals surface area contributed by atoms with Gasteiger partial charge >= 0.3 is 0 Å². The number of aliphatic hydroxyl groups excluding tert-OH is 1. The minimum Gasteiger partial charge on any atom is -0.391 e. The van der Waals surface area contributed by atoms with Crippen molar-refractivity contribution in [3.63, 3.8) is 0 Å². The van der Waals surface area contributed by atoms with Crippen LogP contribution in [0.5, 0.6) is 0 Å². The lowest BCUT2D eigenvalue weighted by atomic mass is 9.99. The zero-order valence-corrected chi connectivity index (χ0v) is 72.5. The van der Waals surface area contributed by atoms with Gasteiger partial charge in [-0.1, -0.05) is 50.2 Å². The largest absolute Gasteiger partial charge is 0.391 e. The standard InChI is InChI=1S/C84H134N26O15/c1-47(2)42-63-76(119)102-58(27-11-15-35-86)72(115)97-48(3)69(112)99-60(30-18-38-93-83(89)90)74(117)101-61(31-19-39-94-84(91)92)75(118)106-64(43-51-45-95-55-24-8-6-22-53(51)55)77(120)103-59(28-12-16-36-87)73(116)100-57(26-10-14-34-85)71(114)98-49(4)70(113)104-62(29-13-17-37-88)81(124)110-41-21-33-67(110)82(125)109-40-20-32-66(109)79(122)108-68(50(5)111)80(123)107-65(78(121)105-63)44-52-46-96-56-25-9-7-23-54(52)56/h6-9,22-25,45-50,57-68,95-96,111H,10-21,26-44,85-88H2,1-5H3,(H,97,115)(H,98,114)(H,99,112)(H,100,116)(H,101,117)(H,102,119)(H,103,120)(H,104,113)(H,105,121)(H,106,118)(H,107,123)(H,108,122)(H4,89,90,93)(H4,91,92,94)/t48-,49-,50+,57-,58-,59-,60-,61-,62-,63-,64-,65-,66-,67+,68-/m0/s1. The Morgan fingerprint density at radius 2 is 0.712 bits per heavy atom. The predicted molar refractivity (Wildman–Crippen MR) is 471 cm³/mol. The number of aromatic nitrogens is 2. The number of aliphatic imine (C=N–C) groups is 2. The lowest BCUT2D eigenvalue weighted by Crippen LogP contribution is -2.62. The lowest BCUT2D eigenvalue weighted by Gasteiger charge is -2.34. The molecule has 2 aromatic carbocycles. The number of para-hydroxylation sites is 2. The molecular weight excluding hydrogens is 1610 g/mol. The van der Waals surface area contributed by atoms with E-state index < -0.39 is 173 Å². The highest BCUT2D eigenvalue weighted by atomic mass is 16.3. The summed E-state index contributed by atoms with van der Waals surface area (Å²) in [6.45, 7) is 8.41. The number of benzene rings is 2. The highest BCUT2D eigenvalue weighted by molar-refractivity contribution is 6.02. The number of H-pyrrole nitrogens is 2. The fourth-order valence-electron chi connectivity index (χ4n) is 15.6. The van der Waals surface area contributed by atoms with Gasteiger partial charge in [0.05, 0.1) is 6.10 Å². The van der Waals surface area contributed by atoms with Crippen molar-refractivity contribution in [2.45, 2.75) is 273 Å². The Balaban J connectivity index is 1.30. The molecule has 14 amide bonds. The van der Waals surface area contributed by atoms with Crippen LogP contribution >= 0.6 is 0 Å². The van der Waals surface area contributed by atoms with Crippen LogP contribution < -0.4 is 110 Å². The quantitative estimate of drug-likeness (QED) is 0.0131. The maximum absolute atomic E-state index is 15.3. The van der Waals surface area contributed by atoms with Gasteiger partial charge < -0.3 is 135 Å². The number of hydrogen-bond donors (Lipinski definition) is 23. The number of rotatable bonds is 31. The number of fused-ring (bicyclic) bond motifs is 4. The van der Waals surface area contributed by atoms with Crippen LogP contribution in [0.1, 0.15) is 181 Å². The highest BCUT2D eigenvalue weighted by Crippen LogP contribution is 2.28. The molecule has 41 nitrogen and oxygen atoms in total. The number of aliphatic hydroxyl groups is 1. The first kappa shape index (κ1) is 101. The molecule has 0 unspecified atom stereocenters. The van der Waals surface area contributed by atoms with E-state index in [4.69, 9.17) is 45.9 Å². The van der Waals surface area contributed by atoms with E-state index in [-0.39, 0.29) is 167 Å². The van der Waals surface area contributed by atoms with Crippen molar-refractivity contribution in [3.8, 4) is 0 Å². The van der Waals surface area contributed by atoms with Gasteiger partial charge in [0.15, 0.2) is 11.9 Å². The summed E-state index contributed by atoms with van der Waals surface area (Å²) in [5.74, 6) is -12.6. The van der Waals surface area contributed by atoms with E-state index in [1.54, 1.807) is 74.8 Å². The summed E-state index contributed by atoms with van der Waals surface area (Å²) in [7, 11) is 0. The Kier molecular flexibility index (Phi) is 41.0. The van der Waals surface area contributed by atoms with E-state index in [1.165, 1.54) is 30.6 Å². The molecule has 0 bridgehead atoms. The average molecular weight is 1750 g/mol. The Bertz CT molecular complexity index is 4350. The van der Waals surface area contributed by atoms with Gasteiger partial charge in [-0.15, -0.1) is 0 Å². The molecule has 41 heteroatoms. The van der Waals surface area contributed by atoms with Crippen molar-refractivity contribution >= 4 is 116 Å². The Morgan fingerprint density at radius 1 is 0.384 bits per heavy atom. The van der Waals surface area contributed by atoms with E-state index in [2.05, 4.69) is 83.8 Å². The van der Waals surface area contributed by atoms with Gasteiger partial charge in [0.1, 0.15) is 84.6 Å². The van der Waals surface area contributed by atoms with Gasteiger partial charge in [-0.05, 0) is 211 Å². The van der Waals surface area contributed by atoms with E-state index in [0.29, 0.717) is 84.3 Å². The molecule has 31 N–H and O–H groups in total. The number of carbonyl (C=O) groups excluding carboxylic acids is 14. The molecule has 3 fully saturated rings. The van der Waals surface area contributed by atoms with Crippen molar-refractivity contribution in [2.24, 2.45) is 61.8 Å². The number of hydrogen-bond acceptors (Lipinski definition) is 21. The summed E-state index contributed by atoms with van der Waals surface area (Å²) in [5, 5.41) is 45.7. The lowest BCUT2D eigenvalue weighted by molar-refractivity contribution is -0.148. The van der Waals surface area contributed by atoms with Crippen molar-refractivity contribution < 1.29 is 72.2 Å². The minimum absolute atomic E-state index is 0.0108. The van der Waals surface area contributed by atoms with Crippen LogP contribution in [0.4, 0.5) is 0 Å². The van der Waals surface area contributed by atoms with Crippen molar-refractivity contribution in [1.82, 2.24) is 83.6 Å². The fourth-order valence-corrected chi connectivity index (χ4v) is 15.6. The predicted octanol–water partition coefficient (Wildman–Crippen LogP) is -3.66.